The summed E-state index contributed by atoms with van der Waals surface area (Å²) in [5, 5.41) is 0. The third-order valence-corrected chi connectivity index (χ3v) is 5.64. The van der Waals surface area contributed by atoms with E-state index in [1.807, 2.05) is 23.4 Å². The minimum absolute atomic E-state index is 0.107. The number of piperidine rings is 1. The first-order valence-corrected chi connectivity index (χ1v) is 9.04. The van der Waals surface area contributed by atoms with Gasteiger partial charge in [0.2, 0.25) is 5.91 Å². The van der Waals surface area contributed by atoms with Crippen molar-refractivity contribution in [1.29, 1.82) is 0 Å². The van der Waals surface area contributed by atoms with Gasteiger partial charge >= 0.3 is 0 Å². The van der Waals surface area contributed by atoms with Gasteiger partial charge in [0.05, 0.1) is 6.61 Å². The molecule has 1 atom stereocenters. The molecule has 6 heteroatoms. The van der Waals surface area contributed by atoms with Crippen molar-refractivity contribution in [3.05, 3.63) is 30.1 Å². The summed E-state index contributed by atoms with van der Waals surface area (Å²) in [5.74, 6) is 0.107. The van der Waals surface area contributed by atoms with Crippen molar-refractivity contribution < 1.29 is 14.3 Å². The summed E-state index contributed by atoms with van der Waals surface area (Å²) in [4.78, 5) is 20.8. The molecule has 1 amide bonds. The largest absolute Gasteiger partial charge is 0.383 e. The molecule has 1 aromatic rings. The van der Waals surface area contributed by atoms with Gasteiger partial charge in [0.1, 0.15) is 6.61 Å². The molecule has 2 fully saturated rings. The fourth-order valence-electron chi connectivity index (χ4n) is 4.33. The predicted molar refractivity (Wildman–Crippen MR) is 95.1 cm³/mol. The maximum atomic E-state index is 12.0. The summed E-state index contributed by atoms with van der Waals surface area (Å²) in [6.07, 6.45) is 7.03. The Hall–Kier alpha value is -1.50. The molecule has 0 N–H and O–H groups in total. The summed E-state index contributed by atoms with van der Waals surface area (Å²) in [5.41, 5.74) is 1.54. The van der Waals surface area contributed by atoms with Crippen molar-refractivity contribution in [1.82, 2.24) is 14.8 Å². The molecule has 0 radical (unpaired) electrons. The molecule has 0 bridgehead atoms. The lowest BCUT2D eigenvalue weighted by Crippen LogP contribution is -2.45. The van der Waals surface area contributed by atoms with Crippen LogP contribution < -0.4 is 0 Å². The Labute approximate surface area is 150 Å². The van der Waals surface area contributed by atoms with Crippen molar-refractivity contribution in [2.45, 2.75) is 31.8 Å². The lowest BCUT2D eigenvalue weighted by molar-refractivity contribution is -0.137. The van der Waals surface area contributed by atoms with Crippen molar-refractivity contribution in [2.75, 3.05) is 47.1 Å². The summed E-state index contributed by atoms with van der Waals surface area (Å²) < 4.78 is 10.5. The highest BCUT2D eigenvalue weighted by Crippen LogP contribution is 2.43. The molecule has 0 aliphatic carbocycles. The van der Waals surface area contributed by atoms with Crippen LogP contribution in [0.15, 0.2) is 24.5 Å². The van der Waals surface area contributed by atoms with E-state index in [2.05, 4.69) is 16.0 Å². The third kappa shape index (κ3) is 4.37. The molecule has 0 aromatic carbocycles. The second-order valence-corrected chi connectivity index (χ2v) is 7.39. The maximum Gasteiger partial charge on any atom is 0.248 e. The number of likely N-dealkylation sites (tertiary alicyclic amines) is 2. The molecule has 3 rings (SSSR count). The van der Waals surface area contributed by atoms with Crippen LogP contribution in [0.5, 0.6) is 0 Å². The van der Waals surface area contributed by atoms with E-state index in [0.29, 0.717) is 11.5 Å². The van der Waals surface area contributed by atoms with Crippen LogP contribution in [0.2, 0.25) is 0 Å². The van der Waals surface area contributed by atoms with Crippen LogP contribution in [0.25, 0.3) is 0 Å². The molecule has 2 aliphatic heterocycles. The molecular weight excluding hydrogens is 318 g/mol. The average Bonchev–Trinajstić information content (AvgIpc) is 2.94. The Bertz CT molecular complexity index is 558. The molecule has 138 valence electrons. The standard InChI is InChI=1S/C19H29N3O3/c1-24-13-17-10-19(5-8-21(9-6-19)18(23)14-25-2)15-22(17)12-16-4-3-7-20-11-16/h3-4,7,11,17H,5-6,8-10,12-15H2,1-2H3/t17-/m1/s1. The zero-order valence-corrected chi connectivity index (χ0v) is 15.3. The van der Waals surface area contributed by atoms with Gasteiger partial charge in [-0.2, -0.15) is 0 Å². The summed E-state index contributed by atoms with van der Waals surface area (Å²) in [7, 11) is 3.35. The normalized spacial score (nSPS) is 23.3. The van der Waals surface area contributed by atoms with Crippen LogP contribution in [0, 0.1) is 5.41 Å². The van der Waals surface area contributed by atoms with Gasteiger partial charge in [-0.1, -0.05) is 6.07 Å². The molecule has 1 spiro atoms. The van der Waals surface area contributed by atoms with Crippen LogP contribution in [-0.4, -0.2) is 73.8 Å². The highest BCUT2D eigenvalue weighted by atomic mass is 16.5. The number of methoxy groups -OCH3 is 2. The van der Waals surface area contributed by atoms with E-state index < -0.39 is 0 Å². The van der Waals surface area contributed by atoms with Gasteiger partial charge in [-0.3, -0.25) is 14.7 Å². The number of carbonyl (C=O) groups excluding carboxylic acids is 1. The SMILES string of the molecule is COCC(=O)N1CCC2(CC1)C[C@H](COC)N(Cc1cccnc1)C2. The summed E-state index contributed by atoms with van der Waals surface area (Å²) in [6.45, 7) is 4.60. The van der Waals surface area contributed by atoms with Crippen LogP contribution in [0.4, 0.5) is 0 Å². The average molecular weight is 347 g/mol. The number of pyridine rings is 1. The van der Waals surface area contributed by atoms with Crippen LogP contribution in [0.3, 0.4) is 0 Å². The summed E-state index contributed by atoms with van der Waals surface area (Å²) in [6, 6.07) is 4.56. The number of nitrogens with zero attached hydrogens (tertiary/aromatic N) is 3. The third-order valence-electron chi connectivity index (χ3n) is 5.64. The van der Waals surface area contributed by atoms with Crippen molar-refractivity contribution in [3.8, 4) is 0 Å². The van der Waals surface area contributed by atoms with Crippen LogP contribution >= 0.6 is 0 Å². The zero-order valence-electron chi connectivity index (χ0n) is 15.3. The highest BCUT2D eigenvalue weighted by molar-refractivity contribution is 5.77. The van der Waals surface area contributed by atoms with Crippen molar-refractivity contribution >= 4 is 5.91 Å². The topological polar surface area (TPSA) is 54.9 Å². The first kappa shape index (κ1) is 18.3. The van der Waals surface area contributed by atoms with Gasteiger partial charge in [0, 0.05) is 58.8 Å². The number of amides is 1. The van der Waals surface area contributed by atoms with Gasteiger partial charge in [-0.15, -0.1) is 0 Å². The number of rotatable bonds is 6. The van der Waals surface area contributed by atoms with Gasteiger partial charge in [-0.25, -0.2) is 0 Å². The number of hydrogen-bond acceptors (Lipinski definition) is 5. The Morgan fingerprint density at radius 3 is 2.76 bits per heavy atom. The molecule has 6 nitrogen and oxygen atoms in total. The van der Waals surface area contributed by atoms with Crippen LogP contribution in [-0.2, 0) is 20.8 Å². The molecule has 0 saturated carbocycles. The molecule has 2 aliphatic rings. The second kappa shape index (κ2) is 8.25. The van der Waals surface area contributed by atoms with Crippen molar-refractivity contribution in [3.63, 3.8) is 0 Å². The maximum absolute atomic E-state index is 12.0. The monoisotopic (exact) mass is 347 g/mol. The van der Waals surface area contributed by atoms with E-state index in [1.54, 1.807) is 14.2 Å². The van der Waals surface area contributed by atoms with Gasteiger partial charge < -0.3 is 14.4 Å². The minimum atomic E-state index is 0.107. The number of ether oxygens (including phenoxy) is 2. The molecule has 2 saturated heterocycles. The van der Waals surface area contributed by atoms with E-state index in [1.165, 1.54) is 5.56 Å². The Morgan fingerprint density at radius 1 is 1.32 bits per heavy atom. The second-order valence-electron chi connectivity index (χ2n) is 7.39. The Balaban J connectivity index is 1.63. The van der Waals surface area contributed by atoms with Gasteiger partial charge in [0.15, 0.2) is 0 Å². The molecule has 25 heavy (non-hydrogen) atoms. The smallest absolute Gasteiger partial charge is 0.248 e. The number of carbonyl (C=O) groups is 1. The fraction of sp³-hybridized carbons (Fsp3) is 0.684. The Morgan fingerprint density at radius 2 is 2.12 bits per heavy atom. The zero-order chi connectivity index (χ0) is 17.7. The number of hydrogen-bond donors (Lipinski definition) is 0. The lowest BCUT2D eigenvalue weighted by Gasteiger charge is -2.39. The van der Waals surface area contributed by atoms with Crippen molar-refractivity contribution in [2.24, 2.45) is 5.41 Å². The van der Waals surface area contributed by atoms with E-state index in [-0.39, 0.29) is 12.5 Å². The summed E-state index contributed by atoms with van der Waals surface area (Å²) >= 11 is 0. The molecule has 3 heterocycles. The highest BCUT2D eigenvalue weighted by Gasteiger charge is 2.45. The lowest BCUT2D eigenvalue weighted by atomic mass is 9.76. The Kier molecular flexibility index (Phi) is 6.04. The minimum Gasteiger partial charge on any atom is -0.383 e. The molecular formula is C19H29N3O3. The van der Waals surface area contributed by atoms with E-state index >= 15 is 0 Å². The first-order valence-electron chi connectivity index (χ1n) is 9.04. The van der Waals surface area contributed by atoms with E-state index in [9.17, 15) is 4.79 Å². The van der Waals surface area contributed by atoms with E-state index in [4.69, 9.17) is 9.47 Å². The van der Waals surface area contributed by atoms with Gasteiger partial charge in [0.25, 0.3) is 0 Å². The number of aromatic nitrogens is 1. The van der Waals surface area contributed by atoms with E-state index in [0.717, 1.165) is 52.0 Å². The quantitative estimate of drug-likeness (QED) is 0.782. The first-order chi connectivity index (χ1) is 12.2. The molecule has 1 aromatic heterocycles. The predicted octanol–water partition coefficient (Wildman–Crippen LogP) is 1.56. The molecule has 0 unspecified atom stereocenters. The van der Waals surface area contributed by atoms with Gasteiger partial charge in [-0.05, 0) is 36.3 Å². The van der Waals surface area contributed by atoms with Crippen LogP contribution in [0.1, 0.15) is 24.8 Å². The fourth-order valence-corrected chi connectivity index (χ4v) is 4.33.